The van der Waals surface area contributed by atoms with Gasteiger partial charge in [-0.3, -0.25) is 4.79 Å². The zero-order valence-corrected chi connectivity index (χ0v) is 22.4. The Hall–Kier alpha value is -3.24. The van der Waals surface area contributed by atoms with Gasteiger partial charge >= 0.3 is 5.97 Å². The average molecular weight is 531 g/mol. The van der Waals surface area contributed by atoms with Gasteiger partial charge < -0.3 is 29.5 Å². The van der Waals surface area contributed by atoms with Crippen LogP contribution in [-0.4, -0.2) is 68.7 Å². The lowest BCUT2D eigenvalue weighted by Crippen LogP contribution is -2.47. The third-order valence-electron chi connectivity index (χ3n) is 6.19. The molecule has 0 spiro atoms. The number of nitrogens with zero attached hydrogens (tertiary/aromatic N) is 1. The first kappa shape index (κ1) is 28.3. The molecule has 0 aromatic heterocycles. The molecular formula is C27H34N2O7S. The Balaban J connectivity index is 1.79. The number of ether oxygens (including phenoxy) is 3. The Bertz CT molecular complexity index is 1070. The lowest BCUT2D eigenvalue weighted by molar-refractivity contribution is -0.141. The van der Waals surface area contributed by atoms with Gasteiger partial charge in [-0.25, -0.2) is 4.79 Å². The van der Waals surface area contributed by atoms with Crippen LogP contribution in [0.4, 0.5) is 0 Å². The zero-order chi connectivity index (χ0) is 26.8. The summed E-state index contributed by atoms with van der Waals surface area (Å²) in [5.41, 5.74) is 3.55. The predicted octanol–water partition coefficient (Wildman–Crippen LogP) is 3.77. The normalized spacial score (nSPS) is 15.1. The third kappa shape index (κ3) is 7.39. The summed E-state index contributed by atoms with van der Waals surface area (Å²) < 4.78 is 16.4. The van der Waals surface area contributed by atoms with Crippen LogP contribution >= 0.6 is 11.8 Å². The Morgan fingerprint density at radius 1 is 1.03 bits per heavy atom. The van der Waals surface area contributed by atoms with Crippen molar-refractivity contribution in [1.82, 2.24) is 5.32 Å². The molecule has 1 aliphatic heterocycles. The van der Waals surface area contributed by atoms with Crippen molar-refractivity contribution in [1.29, 1.82) is 0 Å². The van der Waals surface area contributed by atoms with Crippen molar-refractivity contribution in [2.24, 2.45) is 11.1 Å². The minimum Gasteiger partial charge on any atom is -0.496 e. The predicted molar refractivity (Wildman–Crippen MR) is 143 cm³/mol. The summed E-state index contributed by atoms with van der Waals surface area (Å²) in [5, 5.41) is 16.4. The molecule has 0 radical (unpaired) electrons. The Labute approximate surface area is 221 Å². The highest BCUT2D eigenvalue weighted by Crippen LogP contribution is 2.40. The molecule has 1 amide bonds. The van der Waals surface area contributed by atoms with Crippen molar-refractivity contribution in [3.63, 3.8) is 0 Å². The molecule has 37 heavy (non-hydrogen) atoms. The number of methoxy groups -OCH3 is 3. The molecule has 1 saturated heterocycles. The van der Waals surface area contributed by atoms with Crippen LogP contribution in [-0.2, 0) is 32.2 Å². The highest BCUT2D eigenvalue weighted by molar-refractivity contribution is 7.99. The van der Waals surface area contributed by atoms with Crippen LogP contribution in [0.5, 0.6) is 11.5 Å². The molecule has 0 aliphatic carbocycles. The number of hydrogen-bond acceptors (Lipinski definition) is 8. The van der Waals surface area contributed by atoms with Gasteiger partial charge in [0.1, 0.15) is 30.4 Å². The standard InChI is InChI=1S/C27H34N2O7S/c1-33-16-18-14-22(34-2)24(23(15-18)35-3)19-7-5-17(6-8-19)13-21(27(31)32)28-26(30)25(29-36-4)20-9-11-37-12-10-20/h5-8,14-15,20-21H,9-13,16H2,1-4H3,(H,28,30)(H,31,32)/t21-/m0/s1. The van der Waals surface area contributed by atoms with E-state index in [-0.39, 0.29) is 18.1 Å². The number of carboxylic acid groups (broad SMARTS) is 1. The number of hydrogen-bond donors (Lipinski definition) is 2. The maximum absolute atomic E-state index is 13.0. The Kier molecular flexibility index (Phi) is 10.6. The fourth-order valence-corrected chi connectivity index (χ4v) is 5.45. The summed E-state index contributed by atoms with van der Waals surface area (Å²) in [4.78, 5) is 29.9. The molecule has 10 heteroatoms. The van der Waals surface area contributed by atoms with Gasteiger partial charge in [0.15, 0.2) is 0 Å². The minimum atomic E-state index is -1.12. The summed E-state index contributed by atoms with van der Waals surface area (Å²) >= 11 is 1.83. The van der Waals surface area contributed by atoms with Gasteiger partial charge in [0, 0.05) is 19.4 Å². The number of carbonyl (C=O) groups is 2. The number of nitrogens with one attached hydrogen (secondary N) is 1. The summed E-state index contributed by atoms with van der Waals surface area (Å²) in [6, 6.07) is 10.1. The second kappa shape index (κ2) is 13.9. The molecule has 1 aliphatic rings. The number of aliphatic carboxylic acids is 1. The second-order valence-corrected chi connectivity index (χ2v) is 9.84. The SMILES string of the molecule is COCc1cc(OC)c(-c2ccc(C[C@H](NC(=O)C(=NOC)C3CCSCC3)C(=O)O)cc2)c(OC)c1. The van der Waals surface area contributed by atoms with Crippen LogP contribution in [0.2, 0.25) is 0 Å². The largest absolute Gasteiger partial charge is 0.496 e. The maximum atomic E-state index is 13.0. The molecule has 3 rings (SSSR count). The van der Waals surface area contributed by atoms with E-state index in [0.717, 1.165) is 46.6 Å². The van der Waals surface area contributed by atoms with Crippen molar-refractivity contribution < 1.29 is 33.7 Å². The smallest absolute Gasteiger partial charge is 0.326 e. The monoisotopic (exact) mass is 530 g/mol. The maximum Gasteiger partial charge on any atom is 0.326 e. The summed E-state index contributed by atoms with van der Waals surface area (Å²) in [5.74, 6) is 1.47. The second-order valence-electron chi connectivity index (χ2n) is 8.62. The molecule has 2 N–H and O–H groups in total. The van der Waals surface area contributed by atoms with E-state index >= 15 is 0 Å². The minimum absolute atomic E-state index is 0.0461. The van der Waals surface area contributed by atoms with Gasteiger partial charge in [-0.05, 0) is 53.2 Å². The van der Waals surface area contributed by atoms with E-state index in [4.69, 9.17) is 19.0 Å². The number of amides is 1. The number of oxime groups is 1. The fraction of sp³-hybridized carbons (Fsp3) is 0.444. The van der Waals surface area contributed by atoms with Crippen LogP contribution in [0.15, 0.2) is 41.6 Å². The lowest BCUT2D eigenvalue weighted by Gasteiger charge is -2.23. The zero-order valence-electron chi connectivity index (χ0n) is 21.6. The number of carbonyl (C=O) groups excluding carboxylic acids is 1. The van der Waals surface area contributed by atoms with E-state index in [2.05, 4.69) is 10.5 Å². The first-order valence-corrected chi connectivity index (χ1v) is 13.1. The van der Waals surface area contributed by atoms with Crippen LogP contribution in [0, 0.1) is 5.92 Å². The van der Waals surface area contributed by atoms with Gasteiger partial charge in [-0.15, -0.1) is 0 Å². The van der Waals surface area contributed by atoms with Crippen molar-refractivity contribution >= 4 is 29.4 Å². The number of rotatable bonds is 12. The number of carboxylic acids is 1. The van der Waals surface area contributed by atoms with Crippen LogP contribution < -0.4 is 14.8 Å². The Morgan fingerprint density at radius 2 is 1.65 bits per heavy atom. The van der Waals surface area contributed by atoms with Gasteiger partial charge in [-0.2, -0.15) is 11.8 Å². The first-order chi connectivity index (χ1) is 17.9. The molecule has 200 valence electrons. The third-order valence-corrected chi connectivity index (χ3v) is 7.24. The van der Waals surface area contributed by atoms with E-state index in [1.165, 1.54) is 7.11 Å². The lowest BCUT2D eigenvalue weighted by atomic mass is 9.95. The molecule has 1 atom stereocenters. The molecule has 0 bridgehead atoms. The number of benzene rings is 2. The van der Waals surface area contributed by atoms with Crippen molar-refractivity contribution in [2.45, 2.75) is 31.9 Å². The molecule has 9 nitrogen and oxygen atoms in total. The highest BCUT2D eigenvalue weighted by atomic mass is 32.2. The van der Waals surface area contributed by atoms with E-state index in [9.17, 15) is 14.7 Å². The fourth-order valence-electron chi connectivity index (χ4n) is 4.35. The van der Waals surface area contributed by atoms with Crippen molar-refractivity contribution in [3.8, 4) is 22.6 Å². The van der Waals surface area contributed by atoms with Crippen LogP contribution in [0.1, 0.15) is 24.0 Å². The summed E-state index contributed by atoms with van der Waals surface area (Å²) in [7, 11) is 6.20. The molecule has 1 heterocycles. The molecule has 2 aromatic carbocycles. The quantitative estimate of drug-likeness (QED) is 0.315. The van der Waals surface area contributed by atoms with Crippen LogP contribution in [0.25, 0.3) is 11.1 Å². The summed E-state index contributed by atoms with van der Waals surface area (Å²) in [6.45, 7) is 0.421. The van der Waals surface area contributed by atoms with E-state index in [1.807, 2.05) is 48.2 Å². The average Bonchev–Trinajstić information content (AvgIpc) is 2.91. The number of thioether (sulfide) groups is 1. The molecule has 2 aromatic rings. The summed E-state index contributed by atoms with van der Waals surface area (Å²) in [6.07, 6.45) is 1.72. The topological polar surface area (TPSA) is 116 Å². The van der Waals surface area contributed by atoms with Gasteiger partial charge in [-0.1, -0.05) is 29.4 Å². The first-order valence-electron chi connectivity index (χ1n) is 12.0. The van der Waals surface area contributed by atoms with Gasteiger partial charge in [0.2, 0.25) is 0 Å². The van der Waals surface area contributed by atoms with Gasteiger partial charge in [0.05, 0.1) is 26.4 Å². The highest BCUT2D eigenvalue weighted by Gasteiger charge is 2.29. The molecule has 0 saturated carbocycles. The van der Waals surface area contributed by atoms with E-state index in [1.54, 1.807) is 21.3 Å². The Morgan fingerprint density at radius 3 is 2.16 bits per heavy atom. The van der Waals surface area contributed by atoms with Crippen LogP contribution in [0.3, 0.4) is 0 Å². The molecule has 0 unspecified atom stereocenters. The van der Waals surface area contributed by atoms with Gasteiger partial charge in [0.25, 0.3) is 5.91 Å². The molecule has 1 fully saturated rings. The van der Waals surface area contributed by atoms with Crippen molar-refractivity contribution in [3.05, 3.63) is 47.5 Å². The van der Waals surface area contributed by atoms with E-state index in [0.29, 0.717) is 18.1 Å². The van der Waals surface area contributed by atoms with Crippen molar-refractivity contribution in [2.75, 3.05) is 39.9 Å². The van der Waals surface area contributed by atoms with E-state index < -0.39 is 17.9 Å². The molecular weight excluding hydrogens is 496 g/mol.